The Morgan fingerprint density at radius 2 is 1.67 bits per heavy atom. The Balaban J connectivity index is 1.28. The Bertz CT molecular complexity index is 1540. The van der Waals surface area contributed by atoms with Gasteiger partial charge in [0.15, 0.2) is 11.4 Å². The molecule has 1 saturated heterocycles. The Kier molecular flexibility index (Phi) is 11.5. The van der Waals surface area contributed by atoms with E-state index in [1.54, 1.807) is 37.1 Å². The molecule has 3 aromatic carbocycles. The van der Waals surface area contributed by atoms with Crippen LogP contribution in [0.5, 0.6) is 0 Å². The highest BCUT2D eigenvalue weighted by Crippen LogP contribution is 2.39. The standard InChI is InChI=1S/C34H36N4O6S/c1-2-42-31(40)20-38-33(41)37-19-27-6-3-4-7-29(27)24-12-14-26(15-13-24)32-43-28(22-45-34-35-16-5-17-36-34)18-30(44-32)25-10-8-23(21-39)9-11-25/h3-17,28,30,32,39H,2,18-22H2,1H3,(H2,37,38,41)/t28-,30+,32+/m0/s1. The van der Waals surface area contributed by atoms with E-state index in [0.717, 1.165) is 33.4 Å². The van der Waals surface area contributed by atoms with Gasteiger partial charge in [-0.2, -0.15) is 0 Å². The number of hydrogen-bond acceptors (Lipinski definition) is 9. The Hall–Kier alpha value is -4.29. The number of carbonyl (C=O) groups excluding carboxylic acids is 2. The van der Waals surface area contributed by atoms with Crippen LogP contribution < -0.4 is 10.6 Å². The van der Waals surface area contributed by atoms with Gasteiger partial charge in [0.25, 0.3) is 0 Å². The second kappa shape index (κ2) is 16.1. The lowest BCUT2D eigenvalue weighted by Gasteiger charge is -2.36. The summed E-state index contributed by atoms with van der Waals surface area (Å²) in [5.41, 5.74) is 5.63. The first kappa shape index (κ1) is 32.1. The molecular formula is C34H36N4O6S. The summed E-state index contributed by atoms with van der Waals surface area (Å²) in [6.07, 6.45) is 3.23. The number of urea groups is 1. The molecule has 0 bridgehead atoms. The number of nitrogens with one attached hydrogen (secondary N) is 2. The van der Waals surface area contributed by atoms with Gasteiger partial charge < -0.3 is 30.0 Å². The number of amides is 2. The summed E-state index contributed by atoms with van der Waals surface area (Å²) in [4.78, 5) is 32.4. The van der Waals surface area contributed by atoms with Crippen molar-refractivity contribution in [1.82, 2.24) is 20.6 Å². The summed E-state index contributed by atoms with van der Waals surface area (Å²) in [5, 5.41) is 15.5. The number of carbonyl (C=O) groups is 2. The summed E-state index contributed by atoms with van der Waals surface area (Å²) in [6.45, 7) is 2.05. The molecule has 2 amide bonds. The van der Waals surface area contributed by atoms with Crippen LogP contribution in [0, 0.1) is 0 Å². The van der Waals surface area contributed by atoms with Crippen molar-refractivity contribution in [3.8, 4) is 11.1 Å². The van der Waals surface area contributed by atoms with Gasteiger partial charge in [-0.1, -0.05) is 84.6 Å². The number of aromatic nitrogens is 2. The Morgan fingerprint density at radius 1 is 0.933 bits per heavy atom. The second-order valence-corrected chi connectivity index (χ2v) is 11.3. The highest BCUT2D eigenvalue weighted by Gasteiger charge is 2.32. The number of hydrogen-bond donors (Lipinski definition) is 3. The average Bonchev–Trinajstić information content (AvgIpc) is 3.09. The van der Waals surface area contributed by atoms with E-state index in [0.29, 0.717) is 17.3 Å². The third-order valence-corrected chi connectivity index (χ3v) is 8.21. The van der Waals surface area contributed by atoms with Crippen LogP contribution >= 0.6 is 11.8 Å². The highest BCUT2D eigenvalue weighted by molar-refractivity contribution is 7.99. The molecule has 3 atom stereocenters. The Labute approximate surface area is 266 Å². The predicted molar refractivity (Wildman–Crippen MR) is 170 cm³/mol. The molecule has 0 saturated carbocycles. The van der Waals surface area contributed by atoms with Crippen molar-refractivity contribution < 1.29 is 28.9 Å². The molecule has 4 aromatic rings. The van der Waals surface area contributed by atoms with Crippen molar-refractivity contribution in [2.24, 2.45) is 0 Å². The molecule has 3 N–H and O–H groups in total. The summed E-state index contributed by atoms with van der Waals surface area (Å²) < 4.78 is 17.8. The summed E-state index contributed by atoms with van der Waals surface area (Å²) in [5.74, 6) is 0.182. The zero-order chi connectivity index (χ0) is 31.4. The van der Waals surface area contributed by atoms with Gasteiger partial charge in [0, 0.05) is 36.7 Å². The van der Waals surface area contributed by atoms with E-state index in [4.69, 9.17) is 14.2 Å². The molecular weight excluding hydrogens is 592 g/mol. The third-order valence-electron chi connectivity index (χ3n) is 7.20. The van der Waals surface area contributed by atoms with E-state index in [-0.39, 0.29) is 38.5 Å². The number of aliphatic hydroxyl groups is 1. The molecule has 10 nitrogen and oxygen atoms in total. The molecule has 11 heteroatoms. The lowest BCUT2D eigenvalue weighted by Crippen LogP contribution is -2.38. The molecule has 0 radical (unpaired) electrons. The van der Waals surface area contributed by atoms with Crippen LogP contribution in [-0.2, 0) is 32.2 Å². The lowest BCUT2D eigenvalue weighted by molar-refractivity contribution is -0.245. The van der Waals surface area contributed by atoms with Crippen LogP contribution in [0.15, 0.2) is 96.4 Å². The molecule has 1 aromatic heterocycles. The molecule has 1 fully saturated rings. The van der Waals surface area contributed by atoms with Gasteiger partial charge in [-0.3, -0.25) is 4.79 Å². The first-order valence-electron chi connectivity index (χ1n) is 14.8. The predicted octanol–water partition coefficient (Wildman–Crippen LogP) is 5.34. The van der Waals surface area contributed by atoms with E-state index < -0.39 is 18.3 Å². The molecule has 1 aliphatic heterocycles. The number of ether oxygens (including phenoxy) is 3. The minimum Gasteiger partial charge on any atom is -0.465 e. The molecule has 1 aliphatic rings. The second-order valence-electron chi connectivity index (χ2n) is 10.3. The fraction of sp³-hybridized carbons (Fsp3) is 0.294. The van der Waals surface area contributed by atoms with Gasteiger partial charge in [0.05, 0.1) is 25.4 Å². The zero-order valence-corrected chi connectivity index (χ0v) is 25.7. The van der Waals surface area contributed by atoms with E-state index in [2.05, 4.69) is 20.6 Å². The van der Waals surface area contributed by atoms with Crippen molar-refractivity contribution in [2.45, 2.75) is 50.2 Å². The number of rotatable bonds is 12. The first-order chi connectivity index (χ1) is 22.0. The maximum atomic E-state index is 12.2. The molecule has 45 heavy (non-hydrogen) atoms. The number of aliphatic hydroxyl groups excluding tert-OH is 1. The molecule has 0 unspecified atom stereocenters. The highest BCUT2D eigenvalue weighted by atomic mass is 32.2. The average molecular weight is 629 g/mol. The van der Waals surface area contributed by atoms with E-state index >= 15 is 0 Å². The van der Waals surface area contributed by atoms with Crippen molar-refractivity contribution in [1.29, 1.82) is 0 Å². The number of esters is 1. The molecule has 0 spiro atoms. The molecule has 5 rings (SSSR count). The molecule has 234 valence electrons. The monoisotopic (exact) mass is 628 g/mol. The number of thioether (sulfide) groups is 1. The zero-order valence-electron chi connectivity index (χ0n) is 24.9. The van der Waals surface area contributed by atoms with Crippen LogP contribution in [0.3, 0.4) is 0 Å². The minimum absolute atomic E-state index is 0.0118. The van der Waals surface area contributed by atoms with Crippen LogP contribution in [0.25, 0.3) is 11.1 Å². The minimum atomic E-state index is -0.586. The number of nitrogens with zero attached hydrogens (tertiary/aromatic N) is 2. The van der Waals surface area contributed by atoms with Gasteiger partial charge in [-0.25, -0.2) is 14.8 Å². The normalized spacial score (nSPS) is 17.8. The van der Waals surface area contributed by atoms with Crippen LogP contribution in [-0.4, -0.2) is 52.1 Å². The SMILES string of the molecule is CCOC(=O)CNC(=O)NCc1ccccc1-c1ccc([C@@H]2O[C@H](CSc3ncccn3)C[C@H](c3ccc(CO)cc3)O2)cc1. The van der Waals surface area contributed by atoms with Gasteiger partial charge in [-0.15, -0.1) is 0 Å². The van der Waals surface area contributed by atoms with E-state index in [1.807, 2.05) is 72.8 Å². The maximum absolute atomic E-state index is 12.2. The van der Waals surface area contributed by atoms with Crippen molar-refractivity contribution in [2.75, 3.05) is 18.9 Å². The van der Waals surface area contributed by atoms with Crippen molar-refractivity contribution >= 4 is 23.8 Å². The van der Waals surface area contributed by atoms with E-state index in [9.17, 15) is 14.7 Å². The van der Waals surface area contributed by atoms with Crippen LogP contribution in [0.1, 0.15) is 48.0 Å². The van der Waals surface area contributed by atoms with Gasteiger partial charge in [-0.05, 0) is 40.8 Å². The number of benzene rings is 3. The summed E-state index contributed by atoms with van der Waals surface area (Å²) in [6, 6.07) is 25.0. The van der Waals surface area contributed by atoms with Gasteiger partial charge in [0.2, 0.25) is 0 Å². The molecule has 2 heterocycles. The van der Waals surface area contributed by atoms with E-state index in [1.165, 1.54) is 0 Å². The summed E-state index contributed by atoms with van der Waals surface area (Å²) in [7, 11) is 0. The maximum Gasteiger partial charge on any atom is 0.325 e. The smallest absolute Gasteiger partial charge is 0.325 e. The van der Waals surface area contributed by atoms with Crippen molar-refractivity contribution in [3.63, 3.8) is 0 Å². The largest absolute Gasteiger partial charge is 0.465 e. The quantitative estimate of drug-likeness (QED) is 0.108. The Morgan fingerprint density at radius 3 is 2.40 bits per heavy atom. The van der Waals surface area contributed by atoms with Gasteiger partial charge >= 0.3 is 12.0 Å². The fourth-order valence-electron chi connectivity index (χ4n) is 4.93. The third kappa shape index (κ3) is 9.11. The fourth-order valence-corrected chi connectivity index (χ4v) is 5.75. The topological polar surface area (TPSA) is 132 Å². The van der Waals surface area contributed by atoms with Gasteiger partial charge in [0.1, 0.15) is 6.54 Å². The van der Waals surface area contributed by atoms with Crippen LogP contribution in [0.2, 0.25) is 0 Å². The van der Waals surface area contributed by atoms with Crippen molar-refractivity contribution in [3.05, 3.63) is 114 Å². The first-order valence-corrected chi connectivity index (χ1v) is 15.8. The lowest BCUT2D eigenvalue weighted by atomic mass is 9.98. The summed E-state index contributed by atoms with van der Waals surface area (Å²) >= 11 is 1.55. The molecule has 0 aliphatic carbocycles. The van der Waals surface area contributed by atoms with Crippen LogP contribution in [0.4, 0.5) is 4.79 Å².